The molecule has 0 aromatic heterocycles. The van der Waals surface area contributed by atoms with E-state index in [0.29, 0.717) is 0 Å². The summed E-state index contributed by atoms with van der Waals surface area (Å²) in [5.41, 5.74) is 23.9. The molecule has 3 rings (SSSR count). The molecule has 15 atom stereocenters. The third-order valence-electron chi connectivity index (χ3n) is 6.35. The van der Waals surface area contributed by atoms with Crippen LogP contribution in [0, 0.1) is 0 Å². The molecule has 0 aromatic carbocycles. The molecule has 14 nitrogen and oxygen atoms in total. The van der Waals surface area contributed by atoms with Crippen molar-refractivity contribution in [3.8, 4) is 0 Å². The third kappa shape index (κ3) is 4.94. The van der Waals surface area contributed by atoms with Crippen LogP contribution in [-0.4, -0.2) is 129 Å². The van der Waals surface area contributed by atoms with E-state index in [-0.39, 0.29) is 6.42 Å². The number of aliphatic hydroxyl groups excluding tert-OH is 6. The summed E-state index contributed by atoms with van der Waals surface area (Å²) in [4.78, 5) is 0. The molecule has 14 heteroatoms. The molecule has 3 aliphatic rings. The maximum absolute atomic E-state index is 10.7. The summed E-state index contributed by atoms with van der Waals surface area (Å²) >= 11 is 0. The van der Waals surface area contributed by atoms with Gasteiger partial charge in [0, 0.05) is 18.1 Å². The fourth-order valence-corrected chi connectivity index (χ4v) is 4.36. The Labute approximate surface area is 185 Å². The van der Waals surface area contributed by atoms with Crippen LogP contribution >= 0.6 is 0 Å². The summed E-state index contributed by atoms with van der Waals surface area (Å²) in [6.45, 7) is 0.989. The van der Waals surface area contributed by atoms with Crippen molar-refractivity contribution < 1.29 is 49.6 Å². The molecule has 0 radical (unpaired) electrons. The van der Waals surface area contributed by atoms with Crippen LogP contribution in [0.4, 0.5) is 0 Å². The molecule has 188 valence electrons. The van der Waals surface area contributed by atoms with E-state index < -0.39 is 98.3 Å². The highest BCUT2D eigenvalue weighted by Gasteiger charge is 2.52. The van der Waals surface area contributed by atoms with E-state index >= 15 is 0 Å². The van der Waals surface area contributed by atoms with Gasteiger partial charge in [-0.2, -0.15) is 0 Å². The van der Waals surface area contributed by atoms with Crippen molar-refractivity contribution in [3.63, 3.8) is 0 Å². The Kier molecular flexibility index (Phi) is 8.44. The topological polar surface area (TPSA) is 262 Å². The van der Waals surface area contributed by atoms with Crippen LogP contribution in [0.2, 0.25) is 0 Å². The molecular formula is C18H36N4O10. The van der Waals surface area contributed by atoms with Gasteiger partial charge in [0.2, 0.25) is 0 Å². The van der Waals surface area contributed by atoms with E-state index in [4.69, 9.17) is 41.9 Å². The van der Waals surface area contributed by atoms with Gasteiger partial charge in [-0.1, -0.05) is 0 Å². The van der Waals surface area contributed by atoms with Crippen molar-refractivity contribution in [2.45, 2.75) is 105 Å². The molecule has 32 heavy (non-hydrogen) atoms. The van der Waals surface area contributed by atoms with Crippen molar-refractivity contribution in [2.24, 2.45) is 22.9 Å². The molecule has 0 amide bonds. The first-order chi connectivity index (χ1) is 15.0. The average Bonchev–Trinajstić information content (AvgIpc) is 3.03. The van der Waals surface area contributed by atoms with Crippen molar-refractivity contribution in [2.75, 3.05) is 6.61 Å². The molecule has 2 saturated heterocycles. The van der Waals surface area contributed by atoms with Gasteiger partial charge in [-0.05, 0) is 13.3 Å². The summed E-state index contributed by atoms with van der Waals surface area (Å²) in [5.74, 6) is 0. The van der Waals surface area contributed by atoms with Crippen LogP contribution in [-0.2, 0) is 18.9 Å². The SMILES string of the molecule is C[C@H](N)C1OC(OC2C(O)C(N)CC(N)C2OC2OC(CO)C(O)C(O)C2N)C(O)C1O. The standard InChI is InChI=1S/C18H36N4O10/c1-4(19)14-12(27)13(28)18(30-14)32-16-9(24)5(20)2-6(21)15(16)31-17-8(22)11(26)10(25)7(3-23)29-17/h4-18,23-28H,2-3,19-22H2,1H3/t4-,5?,6?,7?,8?,9?,10?,11?,12?,13?,14?,15?,16?,17?,18?/m0/s1. The van der Waals surface area contributed by atoms with Crippen molar-refractivity contribution in [3.05, 3.63) is 0 Å². The van der Waals surface area contributed by atoms with Gasteiger partial charge in [0.1, 0.15) is 48.8 Å². The highest BCUT2D eigenvalue weighted by molar-refractivity contribution is 5.01. The predicted octanol–water partition coefficient (Wildman–Crippen LogP) is -6.26. The first-order valence-electron chi connectivity index (χ1n) is 10.6. The minimum absolute atomic E-state index is 0.140. The quantitative estimate of drug-likeness (QED) is 0.174. The zero-order valence-electron chi connectivity index (χ0n) is 17.7. The van der Waals surface area contributed by atoms with E-state index in [9.17, 15) is 30.6 Å². The molecule has 1 saturated carbocycles. The van der Waals surface area contributed by atoms with Gasteiger partial charge in [0.15, 0.2) is 12.6 Å². The lowest BCUT2D eigenvalue weighted by Crippen LogP contribution is -2.68. The van der Waals surface area contributed by atoms with Gasteiger partial charge >= 0.3 is 0 Å². The fraction of sp³-hybridized carbons (Fsp3) is 1.00. The number of hydrogen-bond donors (Lipinski definition) is 10. The molecule has 0 spiro atoms. The second kappa shape index (κ2) is 10.4. The van der Waals surface area contributed by atoms with Crippen LogP contribution in [0.1, 0.15) is 13.3 Å². The first-order valence-corrected chi connectivity index (χ1v) is 10.6. The maximum atomic E-state index is 10.7. The summed E-state index contributed by atoms with van der Waals surface area (Å²) in [7, 11) is 0. The van der Waals surface area contributed by atoms with E-state index in [1.165, 1.54) is 0 Å². The average molecular weight is 469 g/mol. The van der Waals surface area contributed by atoms with Crippen LogP contribution in [0.5, 0.6) is 0 Å². The van der Waals surface area contributed by atoms with E-state index in [1.54, 1.807) is 6.92 Å². The van der Waals surface area contributed by atoms with Gasteiger partial charge in [0.05, 0.1) is 18.8 Å². The molecule has 14 unspecified atom stereocenters. The minimum Gasteiger partial charge on any atom is -0.394 e. The lowest BCUT2D eigenvalue weighted by atomic mass is 9.84. The number of hydrogen-bond acceptors (Lipinski definition) is 14. The van der Waals surface area contributed by atoms with Gasteiger partial charge in [-0.25, -0.2) is 0 Å². The number of nitrogens with two attached hydrogens (primary N) is 4. The first kappa shape index (κ1) is 26.1. The number of ether oxygens (including phenoxy) is 4. The lowest BCUT2D eigenvalue weighted by Gasteiger charge is -2.47. The molecule has 0 aromatic rings. The zero-order valence-corrected chi connectivity index (χ0v) is 17.7. The number of aliphatic hydroxyl groups is 6. The second-order valence-corrected chi connectivity index (χ2v) is 8.85. The van der Waals surface area contributed by atoms with Gasteiger partial charge in [-0.15, -0.1) is 0 Å². The summed E-state index contributed by atoms with van der Waals surface area (Å²) in [5, 5.41) is 60.8. The molecule has 1 aliphatic carbocycles. The van der Waals surface area contributed by atoms with Gasteiger partial charge in [-0.3, -0.25) is 0 Å². The second-order valence-electron chi connectivity index (χ2n) is 8.85. The van der Waals surface area contributed by atoms with Crippen molar-refractivity contribution in [1.29, 1.82) is 0 Å². The molecule has 14 N–H and O–H groups in total. The monoisotopic (exact) mass is 468 g/mol. The summed E-state index contributed by atoms with van der Waals surface area (Å²) in [6.07, 6.45) is -13.9. The van der Waals surface area contributed by atoms with E-state index in [1.807, 2.05) is 0 Å². The third-order valence-corrected chi connectivity index (χ3v) is 6.35. The van der Waals surface area contributed by atoms with Crippen LogP contribution in [0.25, 0.3) is 0 Å². The Hall–Kier alpha value is -0.560. The Bertz CT molecular complexity index is 618. The lowest BCUT2D eigenvalue weighted by molar-refractivity contribution is -0.310. The highest BCUT2D eigenvalue weighted by Crippen LogP contribution is 2.32. The van der Waals surface area contributed by atoms with Crippen molar-refractivity contribution in [1.82, 2.24) is 0 Å². The zero-order chi connectivity index (χ0) is 23.9. The van der Waals surface area contributed by atoms with Crippen molar-refractivity contribution >= 4 is 0 Å². The Balaban J connectivity index is 1.78. The number of rotatable bonds is 6. The molecular weight excluding hydrogens is 432 g/mol. The molecule has 2 aliphatic heterocycles. The summed E-state index contributed by atoms with van der Waals surface area (Å²) < 4.78 is 22.7. The van der Waals surface area contributed by atoms with Gasteiger partial charge in [0.25, 0.3) is 0 Å². The normalized spacial score (nSPS) is 53.3. The smallest absolute Gasteiger partial charge is 0.187 e. The van der Waals surface area contributed by atoms with Gasteiger partial charge < -0.3 is 72.5 Å². The van der Waals surface area contributed by atoms with E-state index in [2.05, 4.69) is 0 Å². The molecule has 0 bridgehead atoms. The minimum atomic E-state index is -1.46. The predicted molar refractivity (Wildman–Crippen MR) is 106 cm³/mol. The Morgan fingerprint density at radius 3 is 2.00 bits per heavy atom. The summed E-state index contributed by atoms with van der Waals surface area (Å²) in [6, 6.07) is -3.39. The van der Waals surface area contributed by atoms with Crippen LogP contribution in [0.3, 0.4) is 0 Å². The highest BCUT2D eigenvalue weighted by atomic mass is 16.7. The molecule has 3 fully saturated rings. The Morgan fingerprint density at radius 2 is 1.44 bits per heavy atom. The van der Waals surface area contributed by atoms with E-state index in [0.717, 1.165) is 0 Å². The van der Waals surface area contributed by atoms with Crippen LogP contribution in [0.15, 0.2) is 0 Å². The maximum Gasteiger partial charge on any atom is 0.187 e. The largest absolute Gasteiger partial charge is 0.394 e. The Morgan fingerprint density at radius 1 is 0.812 bits per heavy atom. The van der Waals surface area contributed by atoms with Crippen LogP contribution < -0.4 is 22.9 Å². The fourth-order valence-electron chi connectivity index (χ4n) is 4.36. The molecule has 2 heterocycles.